The molecular weight excluding hydrogens is 232 g/mol. The topological polar surface area (TPSA) is 110 Å². The van der Waals surface area contributed by atoms with E-state index in [2.05, 4.69) is 10.6 Å². The van der Waals surface area contributed by atoms with E-state index < -0.39 is 12.1 Å². The maximum atomic E-state index is 11.8. The molecule has 1 heterocycles. The molecule has 1 aliphatic heterocycles. The summed E-state index contributed by atoms with van der Waals surface area (Å²) >= 11 is 0. The Morgan fingerprint density at radius 2 is 1.17 bits per heavy atom. The number of carbonyl (C=O) groups is 2. The standard InChI is InChI=1S/C12H24N4O2/c13-7-3-1-5-9-11(17)16-10(12(18)15-9)6-2-4-8-14/h9-10H,1-8,13-14H2,(H,15,18)(H,16,17). The van der Waals surface area contributed by atoms with Gasteiger partial charge in [0.1, 0.15) is 12.1 Å². The van der Waals surface area contributed by atoms with Crippen molar-refractivity contribution >= 4 is 11.8 Å². The number of carbonyl (C=O) groups excluding carboxylic acids is 2. The van der Waals surface area contributed by atoms with Crippen molar-refractivity contribution in [2.24, 2.45) is 11.5 Å². The number of nitrogens with one attached hydrogen (secondary N) is 2. The summed E-state index contributed by atoms with van der Waals surface area (Å²) in [5, 5.41) is 5.56. The zero-order chi connectivity index (χ0) is 13.4. The maximum absolute atomic E-state index is 11.8. The molecule has 0 spiro atoms. The van der Waals surface area contributed by atoms with Crippen molar-refractivity contribution in [3.63, 3.8) is 0 Å². The zero-order valence-corrected chi connectivity index (χ0v) is 10.8. The van der Waals surface area contributed by atoms with Crippen molar-refractivity contribution in [2.45, 2.75) is 50.6 Å². The number of amides is 2. The monoisotopic (exact) mass is 256 g/mol. The van der Waals surface area contributed by atoms with E-state index >= 15 is 0 Å². The Labute approximate surface area is 108 Å². The molecule has 0 aliphatic carbocycles. The van der Waals surface area contributed by atoms with Crippen molar-refractivity contribution in [3.05, 3.63) is 0 Å². The van der Waals surface area contributed by atoms with Crippen LogP contribution in [0.3, 0.4) is 0 Å². The van der Waals surface area contributed by atoms with E-state index in [1.165, 1.54) is 0 Å². The Morgan fingerprint density at radius 3 is 1.50 bits per heavy atom. The fourth-order valence-electron chi connectivity index (χ4n) is 2.07. The van der Waals surface area contributed by atoms with Gasteiger partial charge in [0.15, 0.2) is 0 Å². The van der Waals surface area contributed by atoms with Crippen LogP contribution in [0.15, 0.2) is 0 Å². The molecule has 2 unspecified atom stereocenters. The van der Waals surface area contributed by atoms with Gasteiger partial charge in [-0.25, -0.2) is 0 Å². The summed E-state index contributed by atoms with van der Waals surface area (Å²) in [4.78, 5) is 23.6. The first-order chi connectivity index (χ1) is 8.69. The Bertz CT molecular complexity index is 255. The van der Waals surface area contributed by atoms with Crippen LogP contribution in [0.4, 0.5) is 0 Å². The third-order valence-electron chi connectivity index (χ3n) is 3.16. The van der Waals surface area contributed by atoms with Crippen molar-refractivity contribution in [2.75, 3.05) is 13.1 Å². The lowest BCUT2D eigenvalue weighted by molar-refractivity contribution is -0.137. The zero-order valence-electron chi connectivity index (χ0n) is 10.8. The van der Waals surface area contributed by atoms with E-state index in [9.17, 15) is 9.59 Å². The highest BCUT2D eigenvalue weighted by Crippen LogP contribution is 2.09. The molecule has 0 aromatic rings. The van der Waals surface area contributed by atoms with Crippen LogP contribution in [0.2, 0.25) is 0 Å². The summed E-state index contributed by atoms with van der Waals surface area (Å²) in [6, 6.07) is -0.787. The molecule has 1 aliphatic rings. The van der Waals surface area contributed by atoms with Crippen molar-refractivity contribution in [1.82, 2.24) is 10.6 Å². The molecule has 0 saturated carbocycles. The molecule has 2 amide bonds. The summed E-state index contributed by atoms with van der Waals surface area (Å²) in [5.74, 6) is -0.159. The Kier molecular flexibility index (Phi) is 6.67. The van der Waals surface area contributed by atoms with Crippen LogP contribution in [0, 0.1) is 0 Å². The molecule has 6 N–H and O–H groups in total. The van der Waals surface area contributed by atoms with Gasteiger partial charge in [0.2, 0.25) is 11.8 Å². The lowest BCUT2D eigenvalue weighted by atomic mass is 10.0. The molecule has 1 saturated heterocycles. The van der Waals surface area contributed by atoms with E-state index in [1.54, 1.807) is 0 Å². The maximum Gasteiger partial charge on any atom is 0.243 e. The third-order valence-corrected chi connectivity index (χ3v) is 3.16. The molecule has 0 radical (unpaired) electrons. The van der Waals surface area contributed by atoms with E-state index in [0.29, 0.717) is 25.9 Å². The summed E-state index contributed by atoms with van der Waals surface area (Å²) in [6.07, 6.45) is 4.77. The minimum Gasteiger partial charge on any atom is -0.343 e. The van der Waals surface area contributed by atoms with E-state index in [1.807, 2.05) is 0 Å². The van der Waals surface area contributed by atoms with Gasteiger partial charge in [-0.15, -0.1) is 0 Å². The molecule has 2 atom stereocenters. The molecule has 1 fully saturated rings. The Hall–Kier alpha value is -1.14. The molecule has 104 valence electrons. The molecule has 1 rings (SSSR count). The lowest BCUT2D eigenvalue weighted by Gasteiger charge is -2.29. The van der Waals surface area contributed by atoms with Crippen LogP contribution in [0.1, 0.15) is 38.5 Å². The molecule has 6 nitrogen and oxygen atoms in total. The van der Waals surface area contributed by atoms with Crippen LogP contribution in [-0.4, -0.2) is 37.0 Å². The minimum atomic E-state index is -0.394. The van der Waals surface area contributed by atoms with Crippen molar-refractivity contribution in [3.8, 4) is 0 Å². The summed E-state index contributed by atoms with van der Waals surface area (Å²) in [7, 11) is 0. The van der Waals surface area contributed by atoms with Crippen LogP contribution < -0.4 is 22.1 Å². The number of hydrogen-bond donors (Lipinski definition) is 4. The van der Waals surface area contributed by atoms with Crippen LogP contribution in [0.5, 0.6) is 0 Å². The highest BCUT2D eigenvalue weighted by Gasteiger charge is 2.32. The van der Waals surface area contributed by atoms with E-state index in [-0.39, 0.29) is 11.8 Å². The van der Waals surface area contributed by atoms with Gasteiger partial charge < -0.3 is 22.1 Å². The predicted molar refractivity (Wildman–Crippen MR) is 69.7 cm³/mol. The first kappa shape index (κ1) is 14.9. The lowest BCUT2D eigenvalue weighted by Crippen LogP contribution is -2.61. The summed E-state index contributed by atoms with van der Waals surface area (Å²) in [6.45, 7) is 1.23. The quantitative estimate of drug-likeness (QED) is 0.427. The smallest absolute Gasteiger partial charge is 0.243 e. The number of nitrogens with two attached hydrogens (primary N) is 2. The van der Waals surface area contributed by atoms with Gasteiger partial charge in [-0.3, -0.25) is 9.59 Å². The fraction of sp³-hybridized carbons (Fsp3) is 0.833. The average molecular weight is 256 g/mol. The Balaban J connectivity index is 2.34. The van der Waals surface area contributed by atoms with Crippen molar-refractivity contribution < 1.29 is 9.59 Å². The van der Waals surface area contributed by atoms with Crippen LogP contribution in [0.25, 0.3) is 0 Å². The molecule has 0 bridgehead atoms. The second-order valence-corrected chi connectivity index (χ2v) is 4.69. The molecular formula is C12H24N4O2. The molecule has 18 heavy (non-hydrogen) atoms. The van der Waals surface area contributed by atoms with Crippen LogP contribution in [-0.2, 0) is 9.59 Å². The number of unbranched alkanes of at least 4 members (excludes halogenated alkanes) is 2. The fourth-order valence-corrected chi connectivity index (χ4v) is 2.07. The highest BCUT2D eigenvalue weighted by molar-refractivity contribution is 5.96. The van der Waals surface area contributed by atoms with Gasteiger partial charge in [0.05, 0.1) is 0 Å². The summed E-state index contributed by atoms with van der Waals surface area (Å²) in [5.41, 5.74) is 10.8. The second-order valence-electron chi connectivity index (χ2n) is 4.69. The van der Waals surface area contributed by atoms with E-state index in [0.717, 1.165) is 25.7 Å². The second kappa shape index (κ2) is 8.05. The number of rotatable bonds is 8. The third kappa shape index (κ3) is 4.62. The van der Waals surface area contributed by atoms with Gasteiger partial charge in [-0.1, -0.05) is 0 Å². The Morgan fingerprint density at radius 1 is 0.778 bits per heavy atom. The average Bonchev–Trinajstić information content (AvgIpc) is 2.35. The molecule has 0 aromatic carbocycles. The van der Waals surface area contributed by atoms with Gasteiger partial charge in [0.25, 0.3) is 0 Å². The number of piperazine rings is 1. The molecule has 6 heteroatoms. The van der Waals surface area contributed by atoms with E-state index in [4.69, 9.17) is 11.5 Å². The van der Waals surface area contributed by atoms with Gasteiger partial charge in [0, 0.05) is 0 Å². The van der Waals surface area contributed by atoms with Crippen molar-refractivity contribution in [1.29, 1.82) is 0 Å². The predicted octanol–water partition coefficient (Wildman–Crippen LogP) is -0.772. The largest absolute Gasteiger partial charge is 0.343 e. The number of hydrogen-bond acceptors (Lipinski definition) is 4. The van der Waals surface area contributed by atoms with Gasteiger partial charge in [-0.05, 0) is 51.6 Å². The highest BCUT2D eigenvalue weighted by atomic mass is 16.2. The SMILES string of the molecule is NCCCCC1NC(=O)C(CCCCN)NC1=O. The van der Waals surface area contributed by atoms with Crippen LogP contribution >= 0.6 is 0 Å². The molecule has 0 aromatic heterocycles. The van der Waals surface area contributed by atoms with Gasteiger partial charge in [-0.2, -0.15) is 0 Å². The van der Waals surface area contributed by atoms with Gasteiger partial charge >= 0.3 is 0 Å². The minimum absolute atomic E-state index is 0.0793. The summed E-state index contributed by atoms with van der Waals surface area (Å²) < 4.78 is 0. The first-order valence-corrected chi connectivity index (χ1v) is 6.70. The first-order valence-electron chi connectivity index (χ1n) is 6.70. The normalized spacial score (nSPS) is 23.7.